The molecule has 2 aliphatic heterocycles. The third-order valence-corrected chi connectivity index (χ3v) is 5.54. The molecule has 3 aromatic carbocycles. The maximum Gasteiger partial charge on any atom is 0.270 e. The molecular weight excluding hydrogens is 452 g/mol. The van der Waals surface area contributed by atoms with Gasteiger partial charge in [0.2, 0.25) is 0 Å². The average molecular weight is 473 g/mol. The van der Waals surface area contributed by atoms with Crippen LogP contribution in [0.2, 0.25) is 0 Å². The van der Waals surface area contributed by atoms with Crippen molar-refractivity contribution in [3.8, 4) is 23.0 Å². The zero-order valence-electron chi connectivity index (χ0n) is 18.0. The Morgan fingerprint density at radius 1 is 0.882 bits per heavy atom. The van der Waals surface area contributed by atoms with Crippen LogP contribution in [0.4, 0.5) is 5.69 Å². The molecular formula is C26H20N2O5S. The number of ether oxygens (including phenoxy) is 3. The standard InChI is InChI=1S/C26H20N2O5S/c29-24-21(15-17-7-12-22-23(16-17)32-14-4-13-31-22)25(30)28(26(34)27-24)18-8-10-20(11-9-18)33-19-5-2-1-3-6-19/h1-3,5-12,15-16H,4,13-14H2,(H,27,29,34)/b21-15+. The number of nitrogens with one attached hydrogen (secondary N) is 1. The van der Waals surface area contributed by atoms with E-state index >= 15 is 0 Å². The molecule has 0 unspecified atom stereocenters. The summed E-state index contributed by atoms with van der Waals surface area (Å²) in [6.45, 7) is 1.12. The normalized spacial score (nSPS) is 16.8. The van der Waals surface area contributed by atoms with Gasteiger partial charge >= 0.3 is 0 Å². The maximum absolute atomic E-state index is 13.3. The van der Waals surface area contributed by atoms with Crippen LogP contribution in [0.3, 0.4) is 0 Å². The molecule has 0 saturated carbocycles. The number of benzene rings is 3. The first-order chi connectivity index (χ1) is 16.6. The van der Waals surface area contributed by atoms with Gasteiger partial charge in [-0.1, -0.05) is 24.3 Å². The Kier molecular flexibility index (Phi) is 5.97. The first-order valence-corrected chi connectivity index (χ1v) is 11.1. The number of anilines is 1. The summed E-state index contributed by atoms with van der Waals surface area (Å²) in [6, 6.07) is 21.6. The number of hydrogen-bond donors (Lipinski definition) is 1. The van der Waals surface area contributed by atoms with E-state index in [9.17, 15) is 9.59 Å². The molecule has 170 valence electrons. The highest BCUT2D eigenvalue weighted by Gasteiger charge is 2.34. The van der Waals surface area contributed by atoms with Crippen LogP contribution >= 0.6 is 12.2 Å². The Morgan fingerprint density at radius 3 is 2.35 bits per heavy atom. The van der Waals surface area contributed by atoms with Crippen LogP contribution in [-0.2, 0) is 9.59 Å². The van der Waals surface area contributed by atoms with Gasteiger partial charge in [0.1, 0.15) is 17.1 Å². The van der Waals surface area contributed by atoms with Crippen LogP contribution in [0.1, 0.15) is 12.0 Å². The predicted octanol–water partition coefficient (Wildman–Crippen LogP) is 4.47. The smallest absolute Gasteiger partial charge is 0.270 e. The molecule has 34 heavy (non-hydrogen) atoms. The second-order valence-corrected chi connectivity index (χ2v) is 8.01. The molecule has 1 fully saturated rings. The number of para-hydroxylation sites is 1. The number of carbonyl (C=O) groups is 2. The first-order valence-electron chi connectivity index (χ1n) is 10.7. The van der Waals surface area contributed by atoms with Crippen LogP contribution in [0, 0.1) is 0 Å². The van der Waals surface area contributed by atoms with Gasteiger partial charge in [-0.2, -0.15) is 0 Å². The molecule has 2 amide bonds. The number of hydrogen-bond acceptors (Lipinski definition) is 6. The van der Waals surface area contributed by atoms with E-state index in [0.717, 1.165) is 6.42 Å². The maximum atomic E-state index is 13.3. The summed E-state index contributed by atoms with van der Waals surface area (Å²) in [5.74, 6) is 1.46. The van der Waals surface area contributed by atoms with Crippen molar-refractivity contribution in [2.24, 2.45) is 0 Å². The molecule has 8 heteroatoms. The number of rotatable bonds is 4. The molecule has 1 N–H and O–H groups in total. The molecule has 0 aromatic heterocycles. The molecule has 0 atom stereocenters. The van der Waals surface area contributed by atoms with Gasteiger partial charge in [0.15, 0.2) is 16.6 Å². The van der Waals surface area contributed by atoms with E-state index in [4.69, 9.17) is 26.4 Å². The fraction of sp³-hybridized carbons (Fsp3) is 0.115. The van der Waals surface area contributed by atoms with E-state index in [2.05, 4.69) is 5.32 Å². The highest BCUT2D eigenvalue weighted by molar-refractivity contribution is 7.80. The van der Waals surface area contributed by atoms with Gasteiger partial charge in [-0.15, -0.1) is 0 Å². The summed E-state index contributed by atoms with van der Waals surface area (Å²) < 4.78 is 17.2. The number of thiocarbonyl (C=S) groups is 1. The molecule has 2 aliphatic rings. The molecule has 0 spiro atoms. The van der Waals surface area contributed by atoms with Crippen molar-refractivity contribution in [2.75, 3.05) is 18.1 Å². The van der Waals surface area contributed by atoms with Crippen molar-refractivity contribution in [2.45, 2.75) is 6.42 Å². The molecule has 3 aromatic rings. The van der Waals surface area contributed by atoms with Crippen LogP contribution < -0.4 is 24.4 Å². The fourth-order valence-corrected chi connectivity index (χ4v) is 3.90. The van der Waals surface area contributed by atoms with E-state index in [-0.39, 0.29) is 10.7 Å². The molecule has 2 heterocycles. The predicted molar refractivity (Wildman–Crippen MR) is 131 cm³/mol. The first kappa shape index (κ1) is 21.7. The topological polar surface area (TPSA) is 77.1 Å². The molecule has 7 nitrogen and oxygen atoms in total. The van der Waals surface area contributed by atoms with Gasteiger partial charge in [-0.3, -0.25) is 19.8 Å². The van der Waals surface area contributed by atoms with Crippen molar-refractivity contribution in [3.63, 3.8) is 0 Å². The minimum atomic E-state index is -0.553. The molecule has 0 radical (unpaired) electrons. The second kappa shape index (κ2) is 9.36. The van der Waals surface area contributed by atoms with Gasteiger partial charge in [0.25, 0.3) is 11.8 Å². The van der Waals surface area contributed by atoms with E-state index < -0.39 is 11.8 Å². The Hall–Kier alpha value is -4.17. The Bertz CT molecular complexity index is 1290. The third kappa shape index (κ3) is 4.49. The Morgan fingerprint density at radius 2 is 1.59 bits per heavy atom. The van der Waals surface area contributed by atoms with Crippen LogP contribution in [-0.4, -0.2) is 30.1 Å². The monoisotopic (exact) mass is 472 g/mol. The lowest BCUT2D eigenvalue weighted by Gasteiger charge is -2.29. The number of fused-ring (bicyclic) bond motifs is 1. The number of carbonyl (C=O) groups excluding carboxylic acids is 2. The van der Waals surface area contributed by atoms with Crippen molar-refractivity contribution in [3.05, 3.63) is 83.9 Å². The third-order valence-electron chi connectivity index (χ3n) is 5.26. The second-order valence-electron chi connectivity index (χ2n) is 7.62. The average Bonchev–Trinajstić information content (AvgIpc) is 3.08. The van der Waals surface area contributed by atoms with E-state index in [1.54, 1.807) is 42.5 Å². The molecule has 1 saturated heterocycles. The lowest BCUT2D eigenvalue weighted by Crippen LogP contribution is -2.54. The van der Waals surface area contributed by atoms with Gasteiger partial charge in [0, 0.05) is 6.42 Å². The summed E-state index contributed by atoms with van der Waals surface area (Å²) in [7, 11) is 0. The Balaban J connectivity index is 1.40. The molecule has 5 rings (SSSR count). The summed E-state index contributed by atoms with van der Waals surface area (Å²) in [6.07, 6.45) is 2.31. The fourth-order valence-electron chi connectivity index (χ4n) is 3.62. The van der Waals surface area contributed by atoms with Crippen LogP contribution in [0.15, 0.2) is 78.4 Å². The van der Waals surface area contributed by atoms with Crippen molar-refractivity contribution < 1.29 is 23.8 Å². The minimum absolute atomic E-state index is 0.0162. The van der Waals surface area contributed by atoms with Crippen molar-refractivity contribution in [1.29, 1.82) is 0 Å². The molecule has 0 aliphatic carbocycles. The van der Waals surface area contributed by atoms with E-state index in [1.165, 1.54) is 11.0 Å². The van der Waals surface area contributed by atoms with Gasteiger partial charge in [0.05, 0.1) is 18.9 Å². The van der Waals surface area contributed by atoms with E-state index in [0.29, 0.717) is 47.5 Å². The minimum Gasteiger partial charge on any atom is -0.490 e. The zero-order valence-corrected chi connectivity index (χ0v) is 18.8. The Labute approximate surface area is 201 Å². The van der Waals surface area contributed by atoms with Crippen molar-refractivity contribution in [1.82, 2.24) is 5.32 Å². The zero-order chi connectivity index (χ0) is 23.5. The summed E-state index contributed by atoms with van der Waals surface area (Å²) in [4.78, 5) is 27.2. The largest absolute Gasteiger partial charge is 0.490 e. The van der Waals surface area contributed by atoms with Crippen LogP contribution in [0.25, 0.3) is 6.08 Å². The molecule has 0 bridgehead atoms. The van der Waals surface area contributed by atoms with Gasteiger partial charge < -0.3 is 14.2 Å². The summed E-state index contributed by atoms with van der Waals surface area (Å²) >= 11 is 5.29. The quantitative estimate of drug-likeness (QED) is 0.343. The van der Waals surface area contributed by atoms with Gasteiger partial charge in [-0.25, -0.2) is 0 Å². The lowest BCUT2D eigenvalue weighted by molar-refractivity contribution is -0.122. The highest BCUT2D eigenvalue weighted by Crippen LogP contribution is 2.32. The number of nitrogens with zero attached hydrogens (tertiary/aromatic N) is 1. The summed E-state index contributed by atoms with van der Waals surface area (Å²) in [5, 5.41) is 2.61. The van der Waals surface area contributed by atoms with Crippen LogP contribution in [0.5, 0.6) is 23.0 Å². The van der Waals surface area contributed by atoms with Gasteiger partial charge in [-0.05, 0) is 72.4 Å². The number of amides is 2. The highest BCUT2D eigenvalue weighted by atomic mass is 32.1. The van der Waals surface area contributed by atoms with E-state index in [1.807, 2.05) is 30.3 Å². The lowest BCUT2D eigenvalue weighted by atomic mass is 10.1. The SMILES string of the molecule is O=C1NC(=S)N(c2ccc(Oc3ccccc3)cc2)C(=O)/C1=C/c1ccc2c(c1)OCCCO2. The summed E-state index contributed by atoms with van der Waals surface area (Å²) in [5.41, 5.74) is 1.12. The van der Waals surface area contributed by atoms with Crippen molar-refractivity contribution >= 4 is 40.9 Å².